The Hall–Kier alpha value is 0.450. The van der Waals surface area contributed by atoms with E-state index in [4.69, 9.17) is 0 Å². The fourth-order valence-corrected chi connectivity index (χ4v) is 1.22. The molecule has 0 unspecified atom stereocenters. The summed E-state index contributed by atoms with van der Waals surface area (Å²) in [6.45, 7) is 1.77. The predicted octanol–water partition coefficient (Wildman–Crippen LogP) is 2.41. The standard InChI is InChI=1S/C3H6F3NS2/c1-2-8-7-9-3(4,5)6/h7H,2H2,1H3. The van der Waals surface area contributed by atoms with E-state index in [-0.39, 0.29) is 11.9 Å². The minimum Gasteiger partial charge on any atom is -0.200 e. The van der Waals surface area contributed by atoms with Gasteiger partial charge in [-0.25, -0.2) is 4.13 Å². The first kappa shape index (κ1) is 9.45. The van der Waals surface area contributed by atoms with Crippen LogP contribution in [0.1, 0.15) is 6.92 Å². The van der Waals surface area contributed by atoms with E-state index in [9.17, 15) is 13.2 Å². The zero-order valence-corrected chi connectivity index (χ0v) is 6.29. The van der Waals surface area contributed by atoms with E-state index in [0.29, 0.717) is 5.75 Å². The molecule has 0 aromatic rings. The van der Waals surface area contributed by atoms with Crippen LogP contribution in [0, 0.1) is 0 Å². The number of nitrogens with one attached hydrogen (secondary N) is 1. The van der Waals surface area contributed by atoms with Gasteiger partial charge in [0.1, 0.15) is 0 Å². The predicted molar refractivity (Wildman–Crippen MR) is 34.9 cm³/mol. The second-order valence-corrected chi connectivity index (χ2v) is 3.26. The average molecular weight is 177 g/mol. The number of rotatable bonds is 3. The maximum Gasteiger partial charge on any atom is 0.456 e. The quantitative estimate of drug-likeness (QED) is 0.525. The van der Waals surface area contributed by atoms with Gasteiger partial charge in [-0.1, -0.05) is 18.9 Å². The van der Waals surface area contributed by atoms with Gasteiger partial charge in [-0.2, -0.15) is 13.2 Å². The van der Waals surface area contributed by atoms with Crippen LogP contribution in [0.4, 0.5) is 13.2 Å². The van der Waals surface area contributed by atoms with Gasteiger partial charge in [0.05, 0.1) is 0 Å². The SMILES string of the molecule is CCSNSC(F)(F)F. The van der Waals surface area contributed by atoms with Crippen molar-refractivity contribution in [3.8, 4) is 0 Å². The minimum absolute atomic E-state index is 0.229. The highest BCUT2D eigenvalue weighted by atomic mass is 32.2. The lowest BCUT2D eigenvalue weighted by molar-refractivity contribution is -0.0331. The molecule has 1 N–H and O–H groups in total. The maximum atomic E-state index is 11.3. The molecule has 0 spiro atoms. The summed E-state index contributed by atoms with van der Waals surface area (Å²) in [5.41, 5.74) is -4.16. The van der Waals surface area contributed by atoms with E-state index in [1.165, 1.54) is 0 Å². The molecule has 0 bridgehead atoms. The first-order chi connectivity index (χ1) is 4.06. The molecule has 0 aromatic carbocycles. The Kier molecular flexibility index (Phi) is 4.51. The van der Waals surface area contributed by atoms with Crippen molar-refractivity contribution in [2.24, 2.45) is 0 Å². The Morgan fingerprint density at radius 1 is 1.44 bits per heavy atom. The van der Waals surface area contributed by atoms with Gasteiger partial charge in [0.25, 0.3) is 0 Å². The summed E-state index contributed by atoms with van der Waals surface area (Å²) in [6.07, 6.45) is 0. The Labute approximate surface area is 60.0 Å². The summed E-state index contributed by atoms with van der Waals surface area (Å²) in [4.78, 5) is 0. The first-order valence-corrected chi connectivity index (χ1v) is 3.98. The highest BCUT2D eigenvalue weighted by Crippen LogP contribution is 2.28. The average Bonchev–Trinajstić information content (AvgIpc) is 1.63. The summed E-state index contributed by atoms with van der Waals surface area (Å²) in [5.74, 6) is 0.628. The molecule has 0 aliphatic rings. The van der Waals surface area contributed by atoms with Crippen molar-refractivity contribution >= 4 is 23.9 Å². The molecular weight excluding hydrogens is 171 g/mol. The third kappa shape index (κ3) is 8.45. The molecule has 0 amide bonds. The van der Waals surface area contributed by atoms with E-state index in [0.717, 1.165) is 11.9 Å². The molecule has 56 valence electrons. The Morgan fingerprint density at radius 3 is 2.33 bits per heavy atom. The first-order valence-electron chi connectivity index (χ1n) is 2.18. The summed E-state index contributed by atoms with van der Waals surface area (Å²) in [7, 11) is 0. The highest BCUT2D eigenvalue weighted by Gasteiger charge is 2.28. The van der Waals surface area contributed by atoms with Crippen molar-refractivity contribution in [3.63, 3.8) is 0 Å². The van der Waals surface area contributed by atoms with Crippen LogP contribution in [-0.2, 0) is 0 Å². The smallest absolute Gasteiger partial charge is 0.200 e. The number of alkyl halides is 3. The molecule has 9 heavy (non-hydrogen) atoms. The monoisotopic (exact) mass is 177 g/mol. The number of hydrogen-bond acceptors (Lipinski definition) is 3. The van der Waals surface area contributed by atoms with E-state index < -0.39 is 5.51 Å². The summed E-state index contributed by atoms with van der Waals surface area (Å²) in [6, 6.07) is 0. The van der Waals surface area contributed by atoms with Crippen molar-refractivity contribution in [3.05, 3.63) is 0 Å². The van der Waals surface area contributed by atoms with Gasteiger partial charge in [0.15, 0.2) is 0 Å². The third-order valence-corrected chi connectivity index (χ3v) is 1.69. The van der Waals surface area contributed by atoms with Crippen molar-refractivity contribution < 1.29 is 13.2 Å². The highest BCUT2D eigenvalue weighted by molar-refractivity contribution is 8.13. The molecule has 1 nitrogen and oxygen atoms in total. The molecule has 0 aliphatic heterocycles. The van der Waals surface area contributed by atoms with Crippen LogP contribution in [0.25, 0.3) is 0 Å². The molecule has 0 saturated heterocycles. The second kappa shape index (κ2) is 4.29. The fourth-order valence-electron chi connectivity index (χ4n) is 0.136. The van der Waals surface area contributed by atoms with Gasteiger partial charge in [0, 0.05) is 17.7 Å². The second-order valence-electron chi connectivity index (χ2n) is 1.06. The van der Waals surface area contributed by atoms with Crippen molar-refractivity contribution in [2.45, 2.75) is 12.4 Å². The van der Waals surface area contributed by atoms with E-state index in [2.05, 4.69) is 4.13 Å². The number of halogens is 3. The third-order valence-electron chi connectivity index (χ3n) is 0.361. The van der Waals surface area contributed by atoms with Gasteiger partial charge >= 0.3 is 5.51 Å². The topological polar surface area (TPSA) is 12.0 Å². The summed E-state index contributed by atoms with van der Waals surface area (Å²) >= 11 is 0.799. The molecule has 0 rings (SSSR count). The van der Waals surface area contributed by atoms with Crippen LogP contribution in [0.15, 0.2) is 0 Å². The van der Waals surface area contributed by atoms with Crippen molar-refractivity contribution in [1.82, 2.24) is 4.13 Å². The van der Waals surface area contributed by atoms with E-state index in [1.54, 1.807) is 6.92 Å². The lowest BCUT2D eigenvalue weighted by Gasteiger charge is -2.03. The number of hydrogen-bond donors (Lipinski definition) is 1. The lowest BCUT2D eigenvalue weighted by atomic mass is 11.0. The van der Waals surface area contributed by atoms with Gasteiger partial charge in [-0.15, -0.1) is 0 Å². The van der Waals surface area contributed by atoms with Crippen LogP contribution in [0.3, 0.4) is 0 Å². The van der Waals surface area contributed by atoms with Crippen LogP contribution < -0.4 is 4.13 Å². The van der Waals surface area contributed by atoms with Gasteiger partial charge in [0.2, 0.25) is 0 Å². The van der Waals surface area contributed by atoms with Gasteiger partial charge in [-0.05, 0) is 0 Å². The summed E-state index contributed by atoms with van der Waals surface area (Å²) < 4.78 is 35.9. The Bertz CT molecular complexity index is 73.9. The van der Waals surface area contributed by atoms with Crippen LogP contribution in [0.5, 0.6) is 0 Å². The molecular formula is C3H6F3NS2. The van der Waals surface area contributed by atoms with Crippen LogP contribution in [0.2, 0.25) is 0 Å². The fraction of sp³-hybridized carbons (Fsp3) is 1.00. The lowest BCUT2D eigenvalue weighted by Crippen LogP contribution is -2.06. The molecule has 0 fully saturated rings. The van der Waals surface area contributed by atoms with E-state index in [1.807, 2.05) is 0 Å². The normalized spacial score (nSPS) is 12.0. The zero-order valence-electron chi connectivity index (χ0n) is 4.66. The molecule has 0 saturated carbocycles. The Morgan fingerprint density at radius 2 is 2.00 bits per heavy atom. The Balaban J connectivity index is 3.07. The van der Waals surface area contributed by atoms with Crippen LogP contribution >= 0.6 is 23.9 Å². The zero-order chi connectivity index (χ0) is 7.33. The maximum absolute atomic E-state index is 11.3. The molecule has 0 aromatic heterocycles. The van der Waals surface area contributed by atoms with Crippen LogP contribution in [-0.4, -0.2) is 11.3 Å². The molecule has 0 radical (unpaired) electrons. The van der Waals surface area contributed by atoms with Crippen molar-refractivity contribution in [1.29, 1.82) is 0 Å². The molecule has 0 aliphatic carbocycles. The molecule has 6 heteroatoms. The minimum atomic E-state index is -4.16. The summed E-state index contributed by atoms with van der Waals surface area (Å²) in [5, 5.41) is 0. The van der Waals surface area contributed by atoms with Gasteiger partial charge in [-0.3, -0.25) is 0 Å². The van der Waals surface area contributed by atoms with Gasteiger partial charge < -0.3 is 0 Å². The largest absolute Gasteiger partial charge is 0.456 e. The van der Waals surface area contributed by atoms with E-state index >= 15 is 0 Å². The van der Waals surface area contributed by atoms with Crippen molar-refractivity contribution in [2.75, 3.05) is 5.75 Å². The molecule has 0 atom stereocenters. The molecule has 0 heterocycles.